The monoisotopic (exact) mass is 277 g/mol. The molecule has 4 heteroatoms. The molecule has 1 rings (SSSR count). The fourth-order valence-electron chi connectivity index (χ4n) is 2.41. The van der Waals surface area contributed by atoms with E-state index in [-0.39, 0.29) is 5.91 Å². The lowest BCUT2D eigenvalue weighted by atomic mass is 9.89. The molecule has 0 spiro atoms. The van der Waals surface area contributed by atoms with Gasteiger partial charge in [-0.2, -0.15) is 0 Å². The maximum absolute atomic E-state index is 12.4. The Morgan fingerprint density at radius 2 is 1.35 bits per heavy atom. The first-order chi connectivity index (χ1) is 9.22. The van der Waals surface area contributed by atoms with Gasteiger partial charge in [-0.3, -0.25) is 4.79 Å². The molecule has 2 N–H and O–H groups in total. The summed E-state index contributed by atoms with van der Waals surface area (Å²) < 4.78 is 0. The van der Waals surface area contributed by atoms with Gasteiger partial charge in [0.15, 0.2) is 0 Å². The van der Waals surface area contributed by atoms with Gasteiger partial charge in [-0.1, -0.05) is 6.92 Å². The second kappa shape index (κ2) is 6.07. The summed E-state index contributed by atoms with van der Waals surface area (Å²) in [5.41, 5.74) is 5.79. The lowest BCUT2D eigenvalue weighted by molar-refractivity contribution is -0.139. The fourth-order valence-corrected chi connectivity index (χ4v) is 2.41. The van der Waals surface area contributed by atoms with E-state index >= 15 is 0 Å². The third-order valence-corrected chi connectivity index (χ3v) is 4.24. The van der Waals surface area contributed by atoms with Gasteiger partial charge < -0.3 is 10.4 Å². The van der Waals surface area contributed by atoms with Crippen molar-refractivity contribution >= 4 is 11.9 Å². The molecule has 0 aliphatic rings. The van der Waals surface area contributed by atoms with E-state index in [0.29, 0.717) is 12.0 Å². The van der Waals surface area contributed by atoms with Gasteiger partial charge in [-0.15, -0.1) is 0 Å². The molecule has 0 aliphatic carbocycles. The molecule has 4 nitrogen and oxygen atoms in total. The minimum Gasteiger partial charge on any atom is -0.480 e. The van der Waals surface area contributed by atoms with E-state index in [1.54, 1.807) is 6.92 Å². The summed E-state index contributed by atoms with van der Waals surface area (Å²) in [6.07, 6.45) is 0.364. The van der Waals surface area contributed by atoms with Crippen molar-refractivity contribution in [2.75, 3.05) is 0 Å². The van der Waals surface area contributed by atoms with Crippen LogP contribution in [0.4, 0.5) is 0 Å². The quantitative estimate of drug-likeness (QED) is 0.889. The molecule has 110 valence electrons. The van der Waals surface area contributed by atoms with Gasteiger partial charge >= 0.3 is 5.97 Å². The third kappa shape index (κ3) is 2.84. The van der Waals surface area contributed by atoms with Crippen molar-refractivity contribution in [1.82, 2.24) is 5.32 Å². The van der Waals surface area contributed by atoms with Gasteiger partial charge in [0.25, 0.3) is 5.91 Å². The molecule has 0 fully saturated rings. The fraction of sp³-hybridized carbons (Fsp3) is 0.500. The summed E-state index contributed by atoms with van der Waals surface area (Å²) in [4.78, 5) is 23.4. The van der Waals surface area contributed by atoms with E-state index in [4.69, 9.17) is 5.11 Å². The van der Waals surface area contributed by atoms with Gasteiger partial charge in [0, 0.05) is 5.56 Å². The summed E-state index contributed by atoms with van der Waals surface area (Å²) in [5.74, 6) is -1.31. The highest BCUT2D eigenvalue weighted by Crippen LogP contribution is 2.26. The van der Waals surface area contributed by atoms with Crippen molar-refractivity contribution in [2.45, 2.75) is 54.0 Å². The van der Waals surface area contributed by atoms with Crippen LogP contribution >= 0.6 is 0 Å². The topological polar surface area (TPSA) is 66.4 Å². The average Bonchev–Trinajstić information content (AvgIpc) is 2.40. The van der Waals surface area contributed by atoms with Gasteiger partial charge in [-0.05, 0) is 68.9 Å². The zero-order valence-electron chi connectivity index (χ0n) is 13.0. The summed E-state index contributed by atoms with van der Waals surface area (Å²) in [6.45, 7) is 11.6. The summed E-state index contributed by atoms with van der Waals surface area (Å²) >= 11 is 0. The number of aliphatic carboxylic acids is 1. The molecule has 1 atom stereocenters. The molecule has 0 saturated heterocycles. The number of rotatable bonds is 4. The molecule has 0 saturated carbocycles. The van der Waals surface area contributed by atoms with E-state index in [1.165, 1.54) is 5.56 Å². The van der Waals surface area contributed by atoms with Crippen LogP contribution in [0.1, 0.15) is 51.5 Å². The molecule has 0 unspecified atom stereocenters. The van der Waals surface area contributed by atoms with Crippen LogP contribution in [-0.4, -0.2) is 23.0 Å². The van der Waals surface area contributed by atoms with Crippen molar-refractivity contribution in [2.24, 2.45) is 0 Å². The molecule has 0 bridgehead atoms. The first-order valence-corrected chi connectivity index (χ1v) is 6.82. The number of nitrogens with one attached hydrogen (secondary N) is 1. The van der Waals surface area contributed by atoms with E-state index in [9.17, 15) is 9.59 Å². The standard InChI is InChI=1S/C16H23NO3/c1-7-13(16(19)20)17-15(18)14-11(5)9(3)8(2)10(4)12(14)6/h13H,7H2,1-6H3,(H,17,18)(H,19,20)/t13-/m1/s1. The predicted molar refractivity (Wildman–Crippen MR) is 79.3 cm³/mol. The van der Waals surface area contributed by atoms with Gasteiger partial charge in [-0.25, -0.2) is 4.79 Å². The highest BCUT2D eigenvalue weighted by molar-refractivity contribution is 5.99. The Labute approximate surface area is 120 Å². The smallest absolute Gasteiger partial charge is 0.326 e. The van der Waals surface area contributed by atoms with Crippen molar-refractivity contribution in [1.29, 1.82) is 0 Å². The maximum Gasteiger partial charge on any atom is 0.326 e. The van der Waals surface area contributed by atoms with Crippen molar-refractivity contribution in [3.63, 3.8) is 0 Å². The molecule has 1 aromatic rings. The number of carboxylic acids is 1. The SMILES string of the molecule is CC[C@@H](NC(=O)c1c(C)c(C)c(C)c(C)c1C)C(=O)O. The number of hydrogen-bond donors (Lipinski definition) is 2. The first kappa shape index (κ1) is 16.2. The number of hydrogen-bond acceptors (Lipinski definition) is 2. The minimum atomic E-state index is -1.00. The molecule has 0 heterocycles. The molecule has 0 radical (unpaired) electrons. The second-order valence-corrected chi connectivity index (χ2v) is 5.27. The van der Waals surface area contributed by atoms with E-state index < -0.39 is 12.0 Å². The largest absolute Gasteiger partial charge is 0.480 e. The van der Waals surface area contributed by atoms with Gasteiger partial charge in [0.1, 0.15) is 6.04 Å². The van der Waals surface area contributed by atoms with Crippen LogP contribution in [0.2, 0.25) is 0 Å². The maximum atomic E-state index is 12.4. The van der Waals surface area contributed by atoms with E-state index in [1.807, 2.05) is 34.6 Å². The van der Waals surface area contributed by atoms with Crippen molar-refractivity contribution < 1.29 is 14.7 Å². The Bertz CT molecular complexity index is 532. The Morgan fingerprint density at radius 3 is 1.70 bits per heavy atom. The third-order valence-electron chi connectivity index (χ3n) is 4.24. The average molecular weight is 277 g/mol. The molecule has 1 aromatic carbocycles. The minimum absolute atomic E-state index is 0.305. The van der Waals surface area contributed by atoms with E-state index in [0.717, 1.165) is 22.3 Å². The molecule has 0 aromatic heterocycles. The summed E-state index contributed by atoms with van der Waals surface area (Å²) in [6, 6.07) is -0.844. The highest BCUT2D eigenvalue weighted by atomic mass is 16.4. The Morgan fingerprint density at radius 1 is 0.950 bits per heavy atom. The van der Waals surface area contributed by atoms with Crippen LogP contribution in [0.15, 0.2) is 0 Å². The van der Waals surface area contributed by atoms with Crippen LogP contribution < -0.4 is 5.32 Å². The van der Waals surface area contributed by atoms with Crippen LogP contribution in [0, 0.1) is 34.6 Å². The molecule has 0 aliphatic heterocycles. The number of carbonyl (C=O) groups excluding carboxylic acids is 1. The Kier molecular flexibility index (Phi) is 4.93. The Hall–Kier alpha value is -1.84. The zero-order chi connectivity index (χ0) is 15.6. The molecular formula is C16H23NO3. The van der Waals surface area contributed by atoms with Crippen LogP contribution in [0.25, 0.3) is 0 Å². The van der Waals surface area contributed by atoms with Gasteiger partial charge in [0.05, 0.1) is 0 Å². The van der Waals surface area contributed by atoms with Crippen molar-refractivity contribution in [3.05, 3.63) is 33.4 Å². The number of benzene rings is 1. The molecule has 20 heavy (non-hydrogen) atoms. The highest BCUT2D eigenvalue weighted by Gasteiger charge is 2.23. The Balaban J connectivity index is 3.27. The predicted octanol–water partition coefficient (Wildman–Crippen LogP) is 2.82. The van der Waals surface area contributed by atoms with Crippen LogP contribution in [0.3, 0.4) is 0 Å². The number of carboxylic acid groups (broad SMARTS) is 1. The van der Waals surface area contributed by atoms with Gasteiger partial charge in [0.2, 0.25) is 0 Å². The number of carbonyl (C=O) groups is 2. The van der Waals surface area contributed by atoms with E-state index in [2.05, 4.69) is 5.32 Å². The lowest BCUT2D eigenvalue weighted by Gasteiger charge is -2.20. The lowest BCUT2D eigenvalue weighted by Crippen LogP contribution is -2.40. The number of amides is 1. The zero-order valence-corrected chi connectivity index (χ0v) is 13.0. The van der Waals surface area contributed by atoms with Crippen molar-refractivity contribution in [3.8, 4) is 0 Å². The summed E-state index contributed by atoms with van der Waals surface area (Å²) in [7, 11) is 0. The van der Waals surface area contributed by atoms with Crippen LogP contribution in [0.5, 0.6) is 0 Å². The summed E-state index contributed by atoms with van der Waals surface area (Å²) in [5, 5.41) is 11.6. The first-order valence-electron chi connectivity index (χ1n) is 6.82. The van der Waals surface area contributed by atoms with Crippen LogP contribution in [-0.2, 0) is 4.79 Å². The second-order valence-electron chi connectivity index (χ2n) is 5.27. The normalized spacial score (nSPS) is 12.1. The molecular weight excluding hydrogens is 254 g/mol. The molecule has 1 amide bonds.